The molecule has 0 radical (unpaired) electrons. The van der Waals surface area contributed by atoms with Crippen LogP contribution >= 0.6 is 34.5 Å². The molecule has 0 unspecified atom stereocenters. The Hall–Kier alpha value is -1.36. The maximum Gasteiger partial charge on any atom is 0.202 e. The summed E-state index contributed by atoms with van der Waals surface area (Å²) in [6.45, 7) is 1.73. The van der Waals surface area contributed by atoms with Crippen LogP contribution in [0, 0.1) is 6.92 Å². The van der Waals surface area contributed by atoms with Crippen molar-refractivity contribution in [1.29, 1.82) is 0 Å². The molecule has 0 saturated carbocycles. The predicted molar refractivity (Wildman–Crippen MR) is 78.3 cm³/mol. The number of aryl methyl sites for hydroxylation is 1. The average molecular weight is 312 g/mol. The van der Waals surface area contributed by atoms with Gasteiger partial charge in [-0.3, -0.25) is 4.79 Å². The van der Waals surface area contributed by atoms with Crippen LogP contribution in [-0.2, 0) is 0 Å². The predicted octanol–water partition coefficient (Wildman–Crippen LogP) is 4.53. The van der Waals surface area contributed by atoms with Gasteiger partial charge in [0.25, 0.3) is 0 Å². The van der Waals surface area contributed by atoms with Crippen molar-refractivity contribution < 1.29 is 4.42 Å². The van der Waals surface area contributed by atoms with Crippen LogP contribution in [0.5, 0.6) is 0 Å². The summed E-state index contributed by atoms with van der Waals surface area (Å²) in [5.41, 5.74) is 1.32. The molecular formula is C13H7Cl2NO2S. The van der Waals surface area contributed by atoms with Crippen molar-refractivity contribution in [2.24, 2.45) is 0 Å². The molecule has 0 bridgehead atoms. The monoisotopic (exact) mass is 311 g/mol. The summed E-state index contributed by atoms with van der Waals surface area (Å²) < 4.78 is 6.04. The molecule has 0 N–H and O–H groups in total. The van der Waals surface area contributed by atoms with E-state index in [0.29, 0.717) is 37.5 Å². The van der Waals surface area contributed by atoms with Gasteiger partial charge in [-0.2, -0.15) is 0 Å². The third-order valence-corrected chi connectivity index (χ3v) is 3.97. The lowest BCUT2D eigenvalue weighted by atomic mass is 10.1. The Labute approximate surface area is 122 Å². The second-order valence-corrected chi connectivity index (χ2v) is 5.87. The Morgan fingerprint density at radius 1 is 1.32 bits per heavy atom. The summed E-state index contributed by atoms with van der Waals surface area (Å²) in [6.07, 6.45) is 0. The Morgan fingerprint density at radius 2 is 2.11 bits per heavy atom. The summed E-state index contributed by atoms with van der Waals surface area (Å²) in [4.78, 5) is 16.6. The molecule has 3 aromatic rings. The molecule has 0 aliphatic rings. The van der Waals surface area contributed by atoms with Crippen LogP contribution in [0.1, 0.15) is 5.76 Å². The number of fused-ring (bicyclic) bond motifs is 1. The highest BCUT2D eigenvalue weighted by Gasteiger charge is 2.16. The first kappa shape index (κ1) is 12.7. The Balaban J connectivity index is 2.40. The van der Waals surface area contributed by atoms with Gasteiger partial charge in [-0.05, 0) is 25.1 Å². The van der Waals surface area contributed by atoms with Gasteiger partial charge in [-0.1, -0.05) is 23.2 Å². The van der Waals surface area contributed by atoms with Gasteiger partial charge < -0.3 is 4.42 Å². The molecule has 1 aromatic carbocycles. The van der Waals surface area contributed by atoms with Crippen molar-refractivity contribution in [3.05, 3.63) is 49.1 Å². The molecule has 0 aliphatic heterocycles. The van der Waals surface area contributed by atoms with Gasteiger partial charge in [0, 0.05) is 10.4 Å². The van der Waals surface area contributed by atoms with Crippen molar-refractivity contribution in [1.82, 2.24) is 4.98 Å². The molecule has 19 heavy (non-hydrogen) atoms. The Kier molecular flexibility index (Phi) is 3.09. The first-order valence-corrected chi connectivity index (χ1v) is 7.04. The van der Waals surface area contributed by atoms with Crippen LogP contribution in [0.4, 0.5) is 0 Å². The number of rotatable bonds is 1. The minimum absolute atomic E-state index is 0.150. The van der Waals surface area contributed by atoms with Crippen molar-refractivity contribution in [2.45, 2.75) is 6.92 Å². The fourth-order valence-corrected chi connectivity index (χ4v) is 2.87. The molecule has 2 heterocycles. The number of hydrogen-bond donors (Lipinski definition) is 0. The lowest BCUT2D eigenvalue weighted by Crippen LogP contribution is -2.07. The number of hydrogen-bond acceptors (Lipinski definition) is 4. The highest BCUT2D eigenvalue weighted by molar-refractivity contribution is 7.14. The molecule has 0 aliphatic carbocycles. The van der Waals surface area contributed by atoms with Gasteiger partial charge in [-0.15, -0.1) is 11.3 Å². The minimum atomic E-state index is -0.150. The van der Waals surface area contributed by atoms with Gasteiger partial charge >= 0.3 is 0 Å². The summed E-state index contributed by atoms with van der Waals surface area (Å²) in [7, 11) is 0. The number of nitrogens with zero attached hydrogens (tertiary/aromatic N) is 1. The normalized spacial score (nSPS) is 11.1. The first-order valence-electron chi connectivity index (χ1n) is 5.40. The van der Waals surface area contributed by atoms with Crippen LogP contribution in [0.15, 0.2) is 32.8 Å². The van der Waals surface area contributed by atoms with Gasteiger partial charge in [0.05, 0.1) is 16.6 Å². The van der Waals surface area contributed by atoms with Gasteiger partial charge in [-0.25, -0.2) is 4.98 Å². The zero-order chi connectivity index (χ0) is 13.6. The topological polar surface area (TPSA) is 43.1 Å². The molecule has 0 fully saturated rings. The van der Waals surface area contributed by atoms with E-state index in [-0.39, 0.29) is 5.43 Å². The largest absolute Gasteiger partial charge is 0.460 e. The number of halogens is 2. The molecule has 3 nitrogen and oxygen atoms in total. The minimum Gasteiger partial charge on any atom is -0.460 e. The van der Waals surface area contributed by atoms with E-state index in [2.05, 4.69) is 4.98 Å². The first-order chi connectivity index (χ1) is 9.06. The molecule has 0 spiro atoms. The fourth-order valence-electron chi connectivity index (χ4n) is 1.94. The van der Waals surface area contributed by atoms with E-state index in [4.69, 9.17) is 27.6 Å². The summed E-state index contributed by atoms with van der Waals surface area (Å²) in [6, 6.07) is 4.97. The quantitative estimate of drug-likeness (QED) is 0.663. The molecular weight excluding hydrogens is 305 g/mol. The third kappa shape index (κ3) is 2.16. The second-order valence-electron chi connectivity index (χ2n) is 3.99. The number of aromatic nitrogens is 1. The summed E-state index contributed by atoms with van der Waals surface area (Å²) >= 11 is 13.0. The molecule has 6 heteroatoms. The van der Waals surface area contributed by atoms with E-state index in [9.17, 15) is 4.79 Å². The fraction of sp³-hybridized carbons (Fsp3) is 0.0769. The van der Waals surface area contributed by atoms with Crippen LogP contribution < -0.4 is 5.43 Å². The molecule has 2 aromatic heterocycles. The number of thiazole rings is 1. The second kappa shape index (κ2) is 4.63. The van der Waals surface area contributed by atoms with E-state index < -0.39 is 0 Å². The zero-order valence-corrected chi connectivity index (χ0v) is 12.1. The SMILES string of the molecule is Cc1oc2ccc(Cl)cc2c(=O)c1-c1csc(Cl)n1. The van der Waals surface area contributed by atoms with E-state index in [1.54, 1.807) is 30.5 Å². The Bertz CT molecular complexity index is 838. The highest BCUT2D eigenvalue weighted by atomic mass is 35.5. The van der Waals surface area contributed by atoms with Crippen molar-refractivity contribution in [3.8, 4) is 11.3 Å². The van der Waals surface area contributed by atoms with E-state index in [1.165, 1.54) is 11.3 Å². The molecule has 0 amide bonds. The van der Waals surface area contributed by atoms with Crippen LogP contribution in [0.3, 0.4) is 0 Å². The maximum atomic E-state index is 12.5. The van der Waals surface area contributed by atoms with E-state index in [1.807, 2.05) is 0 Å². The van der Waals surface area contributed by atoms with Crippen LogP contribution in [0.25, 0.3) is 22.2 Å². The van der Waals surface area contributed by atoms with Crippen molar-refractivity contribution >= 4 is 45.5 Å². The van der Waals surface area contributed by atoms with Gasteiger partial charge in [0.15, 0.2) is 4.47 Å². The standard InChI is InChI=1S/C13H7Cl2NO2S/c1-6-11(9-5-19-13(15)16-9)12(17)8-4-7(14)2-3-10(8)18-6/h2-5H,1H3. The van der Waals surface area contributed by atoms with Crippen molar-refractivity contribution in [2.75, 3.05) is 0 Å². The van der Waals surface area contributed by atoms with Crippen LogP contribution in [0.2, 0.25) is 9.49 Å². The zero-order valence-electron chi connectivity index (χ0n) is 9.74. The Morgan fingerprint density at radius 3 is 2.79 bits per heavy atom. The van der Waals surface area contributed by atoms with E-state index >= 15 is 0 Å². The smallest absolute Gasteiger partial charge is 0.202 e. The van der Waals surface area contributed by atoms with Crippen molar-refractivity contribution in [3.63, 3.8) is 0 Å². The lowest BCUT2D eigenvalue weighted by Gasteiger charge is -2.04. The molecule has 3 rings (SSSR count). The molecule has 0 atom stereocenters. The lowest BCUT2D eigenvalue weighted by molar-refractivity contribution is 0.567. The number of benzene rings is 1. The average Bonchev–Trinajstić information content (AvgIpc) is 2.77. The summed E-state index contributed by atoms with van der Waals surface area (Å²) in [5, 5.41) is 2.67. The van der Waals surface area contributed by atoms with Gasteiger partial charge in [0.2, 0.25) is 5.43 Å². The molecule has 96 valence electrons. The van der Waals surface area contributed by atoms with E-state index in [0.717, 1.165) is 0 Å². The molecule has 0 saturated heterocycles. The summed E-state index contributed by atoms with van der Waals surface area (Å²) in [5.74, 6) is 0.516. The van der Waals surface area contributed by atoms with Crippen LogP contribution in [-0.4, -0.2) is 4.98 Å². The van der Waals surface area contributed by atoms with Gasteiger partial charge in [0.1, 0.15) is 11.3 Å². The maximum absolute atomic E-state index is 12.5. The highest BCUT2D eigenvalue weighted by Crippen LogP contribution is 2.27. The third-order valence-electron chi connectivity index (χ3n) is 2.76.